The molecule has 4 N–H and O–H groups in total. The van der Waals surface area contributed by atoms with Crippen LogP contribution in [0.25, 0.3) is 0 Å². The zero-order chi connectivity index (χ0) is 9.71. The van der Waals surface area contributed by atoms with E-state index in [1.54, 1.807) is 13.8 Å². The van der Waals surface area contributed by atoms with Gasteiger partial charge in [0.25, 0.3) is 0 Å². The lowest BCUT2D eigenvalue weighted by Gasteiger charge is -2.06. The standard InChI is InChI=1S/C4H8N2.C4H11N/c1-4(2,6)3-5;1-4(2,3)5/h6H2,1-2H3;5H2,1-3H3. The lowest BCUT2D eigenvalue weighted by Crippen LogP contribution is -2.28. The van der Waals surface area contributed by atoms with Crippen LogP contribution in [0.5, 0.6) is 0 Å². The maximum atomic E-state index is 8.03. The Balaban J connectivity index is 0. The van der Waals surface area contributed by atoms with Gasteiger partial charge in [-0.1, -0.05) is 0 Å². The summed E-state index contributed by atoms with van der Waals surface area (Å²) in [5.41, 5.74) is 9.88. The molecule has 0 rings (SSSR count). The summed E-state index contributed by atoms with van der Waals surface area (Å²) in [6.45, 7) is 9.22. The molecule has 0 aromatic rings. The maximum Gasteiger partial charge on any atom is 0.0981 e. The first-order valence-corrected chi connectivity index (χ1v) is 3.55. The summed E-state index contributed by atoms with van der Waals surface area (Å²) in [5, 5.41) is 8.03. The van der Waals surface area contributed by atoms with E-state index in [0.29, 0.717) is 0 Å². The molecule has 0 amide bonds. The molecule has 0 aromatic carbocycles. The SMILES string of the molecule is CC(C)(C)N.CC(C)(N)C#N. The van der Waals surface area contributed by atoms with Crippen molar-refractivity contribution in [1.82, 2.24) is 0 Å². The summed E-state index contributed by atoms with van der Waals surface area (Å²) >= 11 is 0. The highest BCUT2D eigenvalue weighted by molar-refractivity contribution is 4.96. The van der Waals surface area contributed by atoms with Gasteiger partial charge in [0.2, 0.25) is 0 Å². The Hall–Kier alpha value is -0.590. The summed E-state index contributed by atoms with van der Waals surface area (Å²) in [4.78, 5) is 0. The molecule has 0 saturated heterocycles. The van der Waals surface area contributed by atoms with Gasteiger partial charge in [-0.15, -0.1) is 0 Å². The number of rotatable bonds is 0. The van der Waals surface area contributed by atoms with Crippen LogP contribution in [0.4, 0.5) is 0 Å². The van der Waals surface area contributed by atoms with Gasteiger partial charge < -0.3 is 11.5 Å². The molecular weight excluding hydrogens is 138 g/mol. The van der Waals surface area contributed by atoms with Crippen LogP contribution >= 0.6 is 0 Å². The van der Waals surface area contributed by atoms with E-state index in [1.807, 2.05) is 26.8 Å². The van der Waals surface area contributed by atoms with Crippen molar-refractivity contribution in [2.45, 2.75) is 45.7 Å². The van der Waals surface area contributed by atoms with Crippen LogP contribution in [0.2, 0.25) is 0 Å². The van der Waals surface area contributed by atoms with E-state index < -0.39 is 5.54 Å². The third-order valence-electron chi connectivity index (χ3n) is 0.288. The van der Waals surface area contributed by atoms with Gasteiger partial charge in [0, 0.05) is 5.54 Å². The number of nitrogens with zero attached hydrogens (tertiary/aromatic N) is 1. The Morgan fingerprint density at radius 1 is 1.00 bits per heavy atom. The molecule has 0 radical (unpaired) electrons. The van der Waals surface area contributed by atoms with E-state index in [4.69, 9.17) is 16.7 Å². The van der Waals surface area contributed by atoms with Crippen LogP contribution in [0.1, 0.15) is 34.6 Å². The van der Waals surface area contributed by atoms with Crippen LogP contribution in [-0.2, 0) is 0 Å². The van der Waals surface area contributed by atoms with Gasteiger partial charge in [-0.3, -0.25) is 0 Å². The molecule has 0 aromatic heterocycles. The molecule has 0 aliphatic carbocycles. The van der Waals surface area contributed by atoms with Crippen molar-refractivity contribution >= 4 is 0 Å². The largest absolute Gasteiger partial charge is 0.326 e. The third kappa shape index (κ3) is 89.0. The van der Waals surface area contributed by atoms with Gasteiger partial charge in [0.1, 0.15) is 0 Å². The number of nitriles is 1. The average molecular weight is 157 g/mol. The Labute approximate surface area is 69.4 Å². The van der Waals surface area contributed by atoms with Gasteiger partial charge in [-0.2, -0.15) is 5.26 Å². The van der Waals surface area contributed by atoms with Crippen LogP contribution in [-0.4, -0.2) is 11.1 Å². The number of hydrogen-bond donors (Lipinski definition) is 2. The maximum absolute atomic E-state index is 8.03. The van der Waals surface area contributed by atoms with E-state index in [2.05, 4.69) is 0 Å². The van der Waals surface area contributed by atoms with Crippen molar-refractivity contribution in [3.63, 3.8) is 0 Å². The van der Waals surface area contributed by atoms with Crippen molar-refractivity contribution in [2.75, 3.05) is 0 Å². The molecule has 0 spiro atoms. The molecule has 0 fully saturated rings. The lowest BCUT2D eigenvalue weighted by atomic mass is 10.1. The minimum absolute atomic E-state index is 0. The topological polar surface area (TPSA) is 75.8 Å². The predicted octanol–water partition coefficient (Wildman–Crippen LogP) is 0.991. The lowest BCUT2D eigenvalue weighted by molar-refractivity contribution is 0.580. The molecule has 0 saturated carbocycles. The van der Waals surface area contributed by atoms with Gasteiger partial charge >= 0.3 is 0 Å². The van der Waals surface area contributed by atoms with E-state index in [-0.39, 0.29) is 5.54 Å². The Morgan fingerprint density at radius 2 is 1.09 bits per heavy atom. The fraction of sp³-hybridized carbons (Fsp3) is 0.875. The predicted molar refractivity (Wildman–Crippen MR) is 47.8 cm³/mol. The molecule has 11 heavy (non-hydrogen) atoms. The molecule has 0 bridgehead atoms. The Morgan fingerprint density at radius 3 is 1.09 bits per heavy atom. The highest BCUT2D eigenvalue weighted by atomic mass is 14.7. The van der Waals surface area contributed by atoms with E-state index in [9.17, 15) is 0 Å². The van der Waals surface area contributed by atoms with Crippen molar-refractivity contribution in [3.8, 4) is 6.07 Å². The van der Waals surface area contributed by atoms with Gasteiger partial charge in [-0.25, -0.2) is 0 Å². The highest BCUT2D eigenvalue weighted by Crippen LogP contribution is 1.88. The normalized spacial score (nSPS) is 11.1. The molecule has 3 nitrogen and oxygen atoms in total. The molecule has 0 unspecified atom stereocenters. The summed E-state index contributed by atoms with van der Waals surface area (Å²) < 4.78 is 0. The average Bonchev–Trinajstić information content (AvgIpc) is 1.59. The number of nitrogens with two attached hydrogens (primary N) is 2. The van der Waals surface area contributed by atoms with Crippen LogP contribution in [0.3, 0.4) is 0 Å². The molecule has 3 heteroatoms. The molecule has 0 heterocycles. The van der Waals surface area contributed by atoms with E-state index in [1.165, 1.54) is 0 Å². The molecular formula is C8H19N3. The zero-order valence-corrected chi connectivity index (χ0v) is 8.10. The quantitative estimate of drug-likeness (QED) is 0.550. The molecule has 0 atom stereocenters. The van der Waals surface area contributed by atoms with Crippen molar-refractivity contribution in [1.29, 1.82) is 5.26 Å². The summed E-state index contributed by atoms with van der Waals surface area (Å²) in [6.07, 6.45) is 0. The first kappa shape index (κ1) is 13.0. The Kier molecular flexibility index (Phi) is 5.12. The fourth-order valence-corrected chi connectivity index (χ4v) is 0. The monoisotopic (exact) mass is 157 g/mol. The summed E-state index contributed by atoms with van der Waals surface area (Å²) in [6, 6.07) is 1.88. The van der Waals surface area contributed by atoms with E-state index in [0.717, 1.165) is 0 Å². The molecule has 0 aliphatic rings. The van der Waals surface area contributed by atoms with E-state index >= 15 is 0 Å². The fourth-order valence-electron chi connectivity index (χ4n) is 0. The van der Waals surface area contributed by atoms with Crippen molar-refractivity contribution < 1.29 is 0 Å². The van der Waals surface area contributed by atoms with Gasteiger partial charge in [0.15, 0.2) is 0 Å². The minimum Gasteiger partial charge on any atom is -0.326 e. The minimum atomic E-state index is -0.653. The second kappa shape index (κ2) is 4.32. The van der Waals surface area contributed by atoms with Crippen LogP contribution in [0, 0.1) is 11.3 Å². The van der Waals surface area contributed by atoms with Crippen LogP contribution < -0.4 is 11.5 Å². The van der Waals surface area contributed by atoms with Crippen molar-refractivity contribution in [2.24, 2.45) is 11.5 Å². The molecule has 0 aliphatic heterocycles. The van der Waals surface area contributed by atoms with Gasteiger partial charge in [0.05, 0.1) is 11.6 Å². The first-order valence-electron chi connectivity index (χ1n) is 3.55. The van der Waals surface area contributed by atoms with Crippen molar-refractivity contribution in [3.05, 3.63) is 0 Å². The summed E-state index contributed by atoms with van der Waals surface area (Å²) in [5.74, 6) is 0. The Bertz CT molecular complexity index is 125. The van der Waals surface area contributed by atoms with Crippen LogP contribution in [0.15, 0.2) is 0 Å². The second-order valence-corrected chi connectivity index (χ2v) is 4.20. The first-order chi connectivity index (χ1) is 4.56. The molecule has 66 valence electrons. The highest BCUT2D eigenvalue weighted by Gasteiger charge is 2.04. The van der Waals surface area contributed by atoms with Gasteiger partial charge in [-0.05, 0) is 34.6 Å². The summed E-state index contributed by atoms with van der Waals surface area (Å²) in [7, 11) is 0. The second-order valence-electron chi connectivity index (χ2n) is 4.20. The smallest absolute Gasteiger partial charge is 0.0981 e. The number of hydrogen-bond acceptors (Lipinski definition) is 3. The zero-order valence-electron chi connectivity index (χ0n) is 8.10. The third-order valence-corrected chi connectivity index (χ3v) is 0.288.